The van der Waals surface area contributed by atoms with E-state index in [4.69, 9.17) is 11.5 Å². The number of nitrogens with zero attached hydrogens (tertiary/aromatic N) is 4. The Kier molecular flexibility index (Phi) is 8.06. The Morgan fingerprint density at radius 2 is 2.00 bits per heavy atom. The van der Waals surface area contributed by atoms with Crippen molar-refractivity contribution >= 4 is 35.0 Å². The minimum absolute atomic E-state index is 0.0609. The van der Waals surface area contributed by atoms with Gasteiger partial charge in [0.15, 0.2) is 0 Å². The molecule has 2 aromatic rings. The number of aromatic amines is 1. The minimum atomic E-state index is -4.51. The fraction of sp³-hybridized carbons (Fsp3) is 0.500. The zero-order valence-corrected chi connectivity index (χ0v) is 19.7. The van der Waals surface area contributed by atoms with Crippen molar-refractivity contribution in [1.29, 1.82) is 0 Å². The summed E-state index contributed by atoms with van der Waals surface area (Å²) < 4.78 is 41.9. The number of nitrogens with two attached hydrogens (primary N) is 2. The van der Waals surface area contributed by atoms with Gasteiger partial charge in [-0.1, -0.05) is 25.8 Å². The van der Waals surface area contributed by atoms with Crippen LogP contribution in [0.5, 0.6) is 0 Å². The normalized spacial score (nSPS) is 18.6. The first kappa shape index (κ1) is 25.1. The summed E-state index contributed by atoms with van der Waals surface area (Å²) in [7, 11) is 0. The molecule has 11 heteroatoms. The van der Waals surface area contributed by atoms with Crippen LogP contribution in [-0.4, -0.2) is 50.7 Å². The third-order valence-electron chi connectivity index (χ3n) is 5.60. The van der Waals surface area contributed by atoms with E-state index in [1.54, 1.807) is 0 Å². The Morgan fingerprint density at radius 3 is 2.61 bits per heavy atom. The van der Waals surface area contributed by atoms with Gasteiger partial charge in [0.25, 0.3) is 0 Å². The number of rotatable bonds is 7. The van der Waals surface area contributed by atoms with Crippen LogP contribution < -0.4 is 11.5 Å². The van der Waals surface area contributed by atoms with Gasteiger partial charge in [0.1, 0.15) is 12.0 Å². The summed E-state index contributed by atoms with van der Waals surface area (Å²) >= 11 is 1.88. The molecule has 1 saturated heterocycles. The van der Waals surface area contributed by atoms with Crippen molar-refractivity contribution in [3.8, 4) is 0 Å². The SMILES string of the molecule is CC(C)SN1CCC([C@@H](C)N=CN=C(C(N)=CN)c2c[nH]c3ncc(C(F)(F)F)cc23)CC1. The maximum Gasteiger partial charge on any atom is 0.417 e. The molecule has 0 aromatic carbocycles. The van der Waals surface area contributed by atoms with Crippen LogP contribution in [0.1, 0.15) is 44.7 Å². The highest BCUT2D eigenvalue weighted by atomic mass is 32.2. The molecule has 0 amide bonds. The molecule has 1 aliphatic heterocycles. The number of piperidine rings is 1. The molecular weight excluding hydrogens is 451 g/mol. The summed E-state index contributed by atoms with van der Waals surface area (Å²) in [6, 6.07) is 1.08. The van der Waals surface area contributed by atoms with Crippen molar-refractivity contribution in [3.63, 3.8) is 0 Å². The average molecular weight is 482 g/mol. The van der Waals surface area contributed by atoms with Gasteiger partial charge in [0.2, 0.25) is 0 Å². The van der Waals surface area contributed by atoms with Crippen LogP contribution in [0.4, 0.5) is 13.2 Å². The predicted molar refractivity (Wildman–Crippen MR) is 129 cm³/mol. The Labute approximate surface area is 195 Å². The maximum atomic E-state index is 13.2. The lowest BCUT2D eigenvalue weighted by atomic mass is 9.92. The Balaban J connectivity index is 1.80. The summed E-state index contributed by atoms with van der Waals surface area (Å²) in [6.07, 6.45) is 2.48. The van der Waals surface area contributed by atoms with E-state index in [0.717, 1.165) is 44.4 Å². The lowest BCUT2D eigenvalue weighted by molar-refractivity contribution is -0.137. The van der Waals surface area contributed by atoms with Gasteiger partial charge in [-0.15, -0.1) is 0 Å². The molecule has 0 saturated carbocycles. The number of alkyl halides is 3. The van der Waals surface area contributed by atoms with Gasteiger partial charge < -0.3 is 16.5 Å². The second-order valence-electron chi connectivity index (χ2n) is 8.35. The van der Waals surface area contributed by atoms with Crippen molar-refractivity contribution in [3.05, 3.63) is 41.5 Å². The van der Waals surface area contributed by atoms with Gasteiger partial charge in [0.05, 0.1) is 23.0 Å². The molecule has 180 valence electrons. The molecule has 33 heavy (non-hydrogen) atoms. The van der Waals surface area contributed by atoms with Gasteiger partial charge in [-0.25, -0.2) is 9.98 Å². The number of fused-ring (bicyclic) bond motifs is 1. The summed E-state index contributed by atoms with van der Waals surface area (Å²) in [4.78, 5) is 15.7. The van der Waals surface area contributed by atoms with Crippen molar-refractivity contribution in [2.75, 3.05) is 13.1 Å². The van der Waals surface area contributed by atoms with Gasteiger partial charge in [-0.05, 0) is 31.7 Å². The van der Waals surface area contributed by atoms with Crippen LogP contribution in [0.3, 0.4) is 0 Å². The molecule has 7 nitrogen and oxygen atoms in total. The third-order valence-corrected chi connectivity index (χ3v) is 6.68. The van der Waals surface area contributed by atoms with Crippen molar-refractivity contribution in [1.82, 2.24) is 14.3 Å². The molecule has 0 unspecified atom stereocenters. The summed E-state index contributed by atoms with van der Waals surface area (Å²) in [5.41, 5.74) is 11.8. The molecule has 0 bridgehead atoms. The van der Waals surface area contributed by atoms with E-state index in [2.05, 4.69) is 45.0 Å². The standard InChI is InChI=1S/C22H30F3N7S/c1-13(2)33-32-6-4-15(5-7-32)14(3)30-12-31-20(19(27)9-26)18-11-29-21-17(18)8-16(10-28-21)22(23,24)25/h8-15H,4-7,26-27H2,1-3H3,(H,28,29)/t14-/m1/s1. The second-order valence-corrected chi connectivity index (χ2v) is 10.0. The molecular formula is C22H30F3N7S. The maximum absolute atomic E-state index is 13.2. The Hall–Kier alpha value is -2.53. The number of hydrogen-bond acceptors (Lipinski definition) is 6. The summed E-state index contributed by atoms with van der Waals surface area (Å²) in [5, 5.41) is 0.822. The highest BCUT2D eigenvalue weighted by Gasteiger charge is 2.32. The lowest BCUT2D eigenvalue weighted by Gasteiger charge is -2.33. The van der Waals surface area contributed by atoms with E-state index >= 15 is 0 Å². The van der Waals surface area contributed by atoms with E-state index in [-0.39, 0.29) is 22.8 Å². The number of aliphatic imine (C=N–C) groups is 2. The summed E-state index contributed by atoms with van der Waals surface area (Å²) in [6.45, 7) is 8.47. The number of hydrogen-bond donors (Lipinski definition) is 3. The quantitative estimate of drug-likeness (QED) is 0.310. The molecule has 1 fully saturated rings. The molecule has 0 radical (unpaired) electrons. The van der Waals surface area contributed by atoms with E-state index in [0.29, 0.717) is 22.4 Å². The number of pyridine rings is 1. The van der Waals surface area contributed by atoms with Gasteiger partial charge in [0, 0.05) is 47.9 Å². The van der Waals surface area contributed by atoms with E-state index in [1.807, 2.05) is 11.9 Å². The summed E-state index contributed by atoms with van der Waals surface area (Å²) in [5.74, 6) is 0.443. The van der Waals surface area contributed by atoms with Gasteiger partial charge in [-0.3, -0.25) is 9.30 Å². The second kappa shape index (κ2) is 10.6. The molecule has 1 atom stereocenters. The topological polar surface area (TPSA) is 109 Å². The van der Waals surface area contributed by atoms with Gasteiger partial charge in [-0.2, -0.15) is 13.2 Å². The molecule has 0 aliphatic carbocycles. The number of halogens is 3. The average Bonchev–Trinajstić information content (AvgIpc) is 3.18. The molecule has 3 rings (SSSR count). The van der Waals surface area contributed by atoms with Crippen molar-refractivity contribution in [2.45, 2.75) is 51.1 Å². The monoisotopic (exact) mass is 481 g/mol. The zero-order chi connectivity index (χ0) is 24.2. The Morgan fingerprint density at radius 1 is 1.30 bits per heavy atom. The lowest BCUT2D eigenvalue weighted by Crippen LogP contribution is -2.33. The molecule has 1 aliphatic rings. The number of aromatic nitrogens is 2. The van der Waals surface area contributed by atoms with Crippen LogP contribution in [0, 0.1) is 5.92 Å². The number of H-pyrrole nitrogens is 1. The van der Waals surface area contributed by atoms with Crippen LogP contribution in [0.25, 0.3) is 11.0 Å². The highest BCUT2D eigenvalue weighted by molar-refractivity contribution is 7.97. The first-order valence-electron chi connectivity index (χ1n) is 10.8. The number of nitrogens with one attached hydrogen (secondary N) is 1. The van der Waals surface area contributed by atoms with Gasteiger partial charge >= 0.3 is 6.18 Å². The van der Waals surface area contributed by atoms with Crippen molar-refractivity contribution in [2.24, 2.45) is 27.4 Å². The van der Waals surface area contributed by atoms with Crippen LogP contribution in [0.15, 0.2) is 40.3 Å². The predicted octanol–water partition coefficient (Wildman–Crippen LogP) is 4.32. The first-order valence-corrected chi connectivity index (χ1v) is 11.7. The van der Waals surface area contributed by atoms with Crippen LogP contribution in [-0.2, 0) is 6.18 Å². The fourth-order valence-corrected chi connectivity index (χ4v) is 4.83. The molecule has 0 spiro atoms. The molecule has 3 heterocycles. The van der Waals surface area contributed by atoms with Crippen molar-refractivity contribution < 1.29 is 13.2 Å². The van der Waals surface area contributed by atoms with Crippen LogP contribution >= 0.6 is 11.9 Å². The Bertz CT molecular complexity index is 1030. The van der Waals surface area contributed by atoms with E-state index in [9.17, 15) is 13.2 Å². The first-order chi connectivity index (χ1) is 15.6. The fourth-order valence-electron chi connectivity index (χ4n) is 3.81. The van der Waals surface area contributed by atoms with E-state index in [1.165, 1.54) is 12.5 Å². The minimum Gasteiger partial charge on any atom is -0.403 e. The van der Waals surface area contributed by atoms with Crippen LogP contribution in [0.2, 0.25) is 0 Å². The number of allylic oxidation sites excluding steroid dienone is 1. The molecule has 5 N–H and O–H groups in total. The highest BCUT2D eigenvalue weighted by Crippen LogP contribution is 2.32. The molecule has 2 aromatic heterocycles. The largest absolute Gasteiger partial charge is 0.417 e. The third kappa shape index (κ3) is 6.29. The van der Waals surface area contributed by atoms with E-state index < -0.39 is 11.7 Å². The zero-order valence-electron chi connectivity index (χ0n) is 18.9. The smallest absolute Gasteiger partial charge is 0.403 e.